The van der Waals surface area contributed by atoms with Crippen molar-refractivity contribution in [2.45, 2.75) is 25.8 Å². The molecule has 0 saturated carbocycles. The lowest BCUT2D eigenvalue weighted by molar-refractivity contribution is 0.0964. The Morgan fingerprint density at radius 1 is 1.28 bits per heavy atom. The Hall–Kier alpha value is -2.22. The summed E-state index contributed by atoms with van der Waals surface area (Å²) in [5.41, 5.74) is 0.739. The van der Waals surface area contributed by atoms with E-state index in [0.717, 1.165) is 18.5 Å². The summed E-state index contributed by atoms with van der Waals surface area (Å²) in [5.74, 6) is 1.40. The van der Waals surface area contributed by atoms with Crippen molar-refractivity contribution in [2.24, 2.45) is 0 Å². The molecule has 8 heteroatoms. The molecule has 1 aromatic rings. The van der Waals surface area contributed by atoms with Crippen LogP contribution in [0.1, 0.15) is 19.8 Å². The van der Waals surface area contributed by atoms with E-state index in [1.807, 2.05) is 25.1 Å². The van der Waals surface area contributed by atoms with E-state index in [1.165, 1.54) is 0 Å². The quantitative estimate of drug-likeness (QED) is 0.775. The van der Waals surface area contributed by atoms with E-state index in [-0.39, 0.29) is 12.1 Å². The molecule has 0 bridgehead atoms. The average Bonchev–Trinajstić information content (AvgIpc) is 2.62. The molecular formula is C17H25N3O4S. The van der Waals surface area contributed by atoms with Gasteiger partial charge in [0.2, 0.25) is 0 Å². The van der Waals surface area contributed by atoms with Crippen LogP contribution in [0.2, 0.25) is 0 Å². The second-order valence-electron chi connectivity index (χ2n) is 5.62. The van der Waals surface area contributed by atoms with E-state index in [2.05, 4.69) is 10.6 Å². The maximum absolute atomic E-state index is 11.7. The summed E-state index contributed by atoms with van der Waals surface area (Å²) in [6.07, 6.45) is 1.38. The third-order valence-corrected chi connectivity index (χ3v) is 4.23. The number of methoxy groups -OCH3 is 2. The number of ether oxygens (including phenoxy) is 3. The minimum Gasteiger partial charge on any atom is -0.497 e. The van der Waals surface area contributed by atoms with E-state index < -0.39 is 0 Å². The topological polar surface area (TPSA) is 72.1 Å². The first kappa shape index (κ1) is 19.1. The molecule has 138 valence electrons. The van der Waals surface area contributed by atoms with Crippen LogP contribution in [0.5, 0.6) is 11.5 Å². The molecule has 0 unspecified atom stereocenters. The van der Waals surface area contributed by atoms with Crippen molar-refractivity contribution in [3.8, 4) is 11.5 Å². The number of carbonyl (C=O) groups is 1. The second kappa shape index (κ2) is 9.31. The van der Waals surface area contributed by atoms with Gasteiger partial charge in [-0.15, -0.1) is 0 Å². The summed E-state index contributed by atoms with van der Waals surface area (Å²) in [4.78, 5) is 13.4. The molecule has 25 heavy (non-hydrogen) atoms. The Balaban J connectivity index is 1.86. The number of hydrogen-bond donors (Lipinski definition) is 2. The fraction of sp³-hybridized carbons (Fsp3) is 0.529. The highest BCUT2D eigenvalue weighted by Gasteiger charge is 2.24. The third-order valence-electron chi connectivity index (χ3n) is 4.01. The molecule has 1 aliphatic heterocycles. The minimum atomic E-state index is -0.247. The largest absolute Gasteiger partial charge is 0.497 e. The molecule has 2 rings (SSSR count). The molecular weight excluding hydrogens is 342 g/mol. The summed E-state index contributed by atoms with van der Waals surface area (Å²) in [7, 11) is 3.22. The van der Waals surface area contributed by atoms with Gasteiger partial charge < -0.3 is 29.7 Å². The molecule has 1 aromatic carbocycles. The van der Waals surface area contributed by atoms with E-state index in [4.69, 9.17) is 26.4 Å². The number of benzene rings is 1. The SMILES string of the molecule is CCOC(=O)N1CCC(NC(=S)Nc2cc(OC)ccc2OC)CC1. The number of likely N-dealkylation sites (tertiary alicyclic amines) is 1. The molecule has 0 spiro atoms. The molecule has 0 radical (unpaired) electrons. The fourth-order valence-corrected chi connectivity index (χ4v) is 2.95. The number of carbonyl (C=O) groups excluding carboxylic acids is 1. The van der Waals surface area contributed by atoms with Crippen molar-refractivity contribution in [1.29, 1.82) is 0 Å². The van der Waals surface area contributed by atoms with Crippen molar-refractivity contribution in [2.75, 3.05) is 39.2 Å². The maximum atomic E-state index is 11.7. The second-order valence-corrected chi connectivity index (χ2v) is 6.03. The van der Waals surface area contributed by atoms with Gasteiger partial charge in [-0.1, -0.05) is 0 Å². The Kier molecular flexibility index (Phi) is 7.12. The normalized spacial score (nSPS) is 14.6. The number of hydrogen-bond acceptors (Lipinski definition) is 5. The van der Waals surface area contributed by atoms with E-state index in [1.54, 1.807) is 19.1 Å². The molecule has 1 fully saturated rings. The maximum Gasteiger partial charge on any atom is 0.409 e. The van der Waals surface area contributed by atoms with Crippen LogP contribution in [0.25, 0.3) is 0 Å². The molecule has 2 N–H and O–H groups in total. The molecule has 1 amide bonds. The van der Waals surface area contributed by atoms with Crippen LogP contribution in [0.15, 0.2) is 18.2 Å². The highest BCUT2D eigenvalue weighted by molar-refractivity contribution is 7.80. The summed E-state index contributed by atoms with van der Waals surface area (Å²) in [6.45, 7) is 3.51. The van der Waals surface area contributed by atoms with Crippen LogP contribution in [-0.2, 0) is 4.74 Å². The van der Waals surface area contributed by atoms with Crippen LogP contribution in [0.4, 0.5) is 10.5 Å². The summed E-state index contributed by atoms with van der Waals surface area (Å²) in [6, 6.07) is 5.69. The van der Waals surface area contributed by atoms with Crippen LogP contribution in [-0.4, -0.2) is 56.1 Å². The molecule has 1 heterocycles. The van der Waals surface area contributed by atoms with Gasteiger partial charge in [-0.25, -0.2) is 4.79 Å². The molecule has 7 nitrogen and oxygen atoms in total. The van der Waals surface area contributed by atoms with Crippen LogP contribution >= 0.6 is 12.2 Å². The minimum absolute atomic E-state index is 0.210. The van der Waals surface area contributed by atoms with E-state index >= 15 is 0 Å². The zero-order valence-electron chi connectivity index (χ0n) is 14.8. The van der Waals surface area contributed by atoms with Gasteiger partial charge in [-0.3, -0.25) is 0 Å². The lowest BCUT2D eigenvalue weighted by atomic mass is 10.1. The lowest BCUT2D eigenvalue weighted by Crippen LogP contribution is -2.47. The highest BCUT2D eigenvalue weighted by atomic mass is 32.1. The van der Waals surface area contributed by atoms with Gasteiger partial charge in [0.25, 0.3) is 0 Å². The number of nitrogens with one attached hydrogen (secondary N) is 2. The molecule has 0 aliphatic carbocycles. The smallest absolute Gasteiger partial charge is 0.409 e. The molecule has 0 atom stereocenters. The standard InChI is InChI=1S/C17H25N3O4S/c1-4-24-17(21)20-9-7-12(8-10-20)18-16(25)19-14-11-13(22-2)5-6-15(14)23-3/h5-6,11-12H,4,7-10H2,1-3H3,(H2,18,19,25). The summed E-state index contributed by atoms with van der Waals surface area (Å²) in [5, 5.41) is 6.96. The van der Waals surface area contributed by atoms with Gasteiger partial charge in [0.1, 0.15) is 11.5 Å². The predicted molar refractivity (Wildman–Crippen MR) is 101 cm³/mol. The molecule has 1 saturated heterocycles. The van der Waals surface area contributed by atoms with Gasteiger partial charge in [0.05, 0.1) is 26.5 Å². The Bertz CT molecular complexity index is 604. The number of piperidine rings is 1. The van der Waals surface area contributed by atoms with Gasteiger partial charge in [0.15, 0.2) is 5.11 Å². The Morgan fingerprint density at radius 2 is 2.00 bits per heavy atom. The summed E-state index contributed by atoms with van der Waals surface area (Å²) < 4.78 is 15.6. The monoisotopic (exact) mass is 367 g/mol. The van der Waals surface area contributed by atoms with Crippen LogP contribution < -0.4 is 20.1 Å². The van der Waals surface area contributed by atoms with Gasteiger partial charge in [-0.2, -0.15) is 0 Å². The van der Waals surface area contributed by atoms with Crippen molar-refractivity contribution >= 4 is 29.1 Å². The van der Waals surface area contributed by atoms with Crippen molar-refractivity contribution in [1.82, 2.24) is 10.2 Å². The molecule has 0 aromatic heterocycles. The number of anilines is 1. The van der Waals surface area contributed by atoms with Crippen molar-refractivity contribution < 1.29 is 19.0 Å². The Labute approximate surface area is 153 Å². The van der Waals surface area contributed by atoms with Crippen molar-refractivity contribution in [3.63, 3.8) is 0 Å². The van der Waals surface area contributed by atoms with E-state index in [9.17, 15) is 4.79 Å². The fourth-order valence-electron chi connectivity index (χ4n) is 2.68. The van der Waals surface area contributed by atoms with Crippen LogP contribution in [0.3, 0.4) is 0 Å². The first-order valence-electron chi connectivity index (χ1n) is 8.28. The number of thiocarbonyl (C=S) groups is 1. The van der Waals surface area contributed by atoms with Gasteiger partial charge >= 0.3 is 6.09 Å². The first-order valence-corrected chi connectivity index (χ1v) is 8.69. The summed E-state index contributed by atoms with van der Waals surface area (Å²) >= 11 is 5.40. The Morgan fingerprint density at radius 3 is 2.60 bits per heavy atom. The average molecular weight is 367 g/mol. The predicted octanol–water partition coefficient (Wildman–Crippen LogP) is 2.61. The van der Waals surface area contributed by atoms with Gasteiger partial charge in [0, 0.05) is 25.2 Å². The number of amides is 1. The molecule has 1 aliphatic rings. The van der Waals surface area contributed by atoms with E-state index in [0.29, 0.717) is 36.3 Å². The first-order chi connectivity index (χ1) is 12.1. The van der Waals surface area contributed by atoms with Crippen molar-refractivity contribution in [3.05, 3.63) is 18.2 Å². The number of rotatable bonds is 5. The van der Waals surface area contributed by atoms with Gasteiger partial charge in [-0.05, 0) is 44.1 Å². The zero-order valence-corrected chi connectivity index (χ0v) is 15.6. The third kappa shape index (κ3) is 5.38. The number of nitrogens with zero attached hydrogens (tertiary/aromatic N) is 1. The highest BCUT2D eigenvalue weighted by Crippen LogP contribution is 2.28. The van der Waals surface area contributed by atoms with Crippen LogP contribution in [0, 0.1) is 0 Å². The zero-order chi connectivity index (χ0) is 18.2. The lowest BCUT2D eigenvalue weighted by Gasteiger charge is -2.32.